The summed E-state index contributed by atoms with van der Waals surface area (Å²) in [5, 5.41) is 8.81. The minimum atomic E-state index is -0.238. The second kappa shape index (κ2) is 8.63. The first-order valence-electron chi connectivity index (χ1n) is 9.14. The van der Waals surface area contributed by atoms with Crippen molar-refractivity contribution in [2.24, 2.45) is 0 Å². The number of thiazole rings is 1. The molecular weight excluding hydrogens is 410 g/mol. The fraction of sp³-hybridized carbons (Fsp3) is 0.190. The van der Waals surface area contributed by atoms with E-state index in [1.54, 1.807) is 17.5 Å². The number of anilines is 1. The standard InChI is InChI=1S/C21H18ClN3O3S/c22-15-4-1-13(2-5-15)21-25-18(12-29-21)20(27)23-9-10-28-16-6-7-17-14(11-16)3-8-19(26)24-17/h1-2,4-7,11-12H,3,8-10H2,(H,23,27)(H,24,26). The van der Waals surface area contributed by atoms with E-state index < -0.39 is 0 Å². The van der Waals surface area contributed by atoms with Crippen LogP contribution in [0.2, 0.25) is 5.02 Å². The van der Waals surface area contributed by atoms with Crippen molar-refractivity contribution in [3.05, 3.63) is 64.1 Å². The summed E-state index contributed by atoms with van der Waals surface area (Å²) in [7, 11) is 0. The van der Waals surface area contributed by atoms with Crippen molar-refractivity contribution in [3.63, 3.8) is 0 Å². The van der Waals surface area contributed by atoms with E-state index in [-0.39, 0.29) is 11.8 Å². The van der Waals surface area contributed by atoms with Gasteiger partial charge < -0.3 is 15.4 Å². The molecule has 8 heteroatoms. The van der Waals surface area contributed by atoms with E-state index in [0.29, 0.717) is 42.5 Å². The van der Waals surface area contributed by atoms with Crippen molar-refractivity contribution >= 4 is 40.4 Å². The summed E-state index contributed by atoms with van der Waals surface area (Å²) in [5.41, 5.74) is 3.19. The Morgan fingerprint density at radius 1 is 1.21 bits per heavy atom. The molecule has 2 heterocycles. The number of fused-ring (bicyclic) bond motifs is 1. The third-order valence-corrected chi connectivity index (χ3v) is 5.60. The van der Waals surface area contributed by atoms with Crippen molar-refractivity contribution in [3.8, 4) is 16.3 Å². The molecule has 148 valence electrons. The summed E-state index contributed by atoms with van der Waals surface area (Å²) in [6.07, 6.45) is 1.19. The van der Waals surface area contributed by atoms with Crippen LogP contribution in [0.3, 0.4) is 0 Å². The number of amides is 2. The van der Waals surface area contributed by atoms with Gasteiger partial charge in [0.05, 0.1) is 6.54 Å². The highest BCUT2D eigenvalue weighted by atomic mass is 35.5. The lowest BCUT2D eigenvalue weighted by Crippen LogP contribution is -2.28. The highest BCUT2D eigenvalue weighted by Crippen LogP contribution is 2.27. The van der Waals surface area contributed by atoms with Gasteiger partial charge in [-0.2, -0.15) is 0 Å². The summed E-state index contributed by atoms with van der Waals surface area (Å²) in [6, 6.07) is 12.9. The van der Waals surface area contributed by atoms with Crippen LogP contribution < -0.4 is 15.4 Å². The molecule has 0 atom stereocenters. The highest BCUT2D eigenvalue weighted by Gasteiger charge is 2.15. The predicted octanol–water partition coefficient (Wildman–Crippen LogP) is 4.16. The van der Waals surface area contributed by atoms with Crippen molar-refractivity contribution in [2.75, 3.05) is 18.5 Å². The molecule has 0 bridgehead atoms. The van der Waals surface area contributed by atoms with E-state index in [9.17, 15) is 9.59 Å². The molecule has 0 aliphatic carbocycles. The molecular formula is C21H18ClN3O3S. The zero-order chi connectivity index (χ0) is 20.2. The lowest BCUT2D eigenvalue weighted by molar-refractivity contribution is -0.116. The van der Waals surface area contributed by atoms with Gasteiger partial charge in [-0.05, 0) is 42.3 Å². The predicted molar refractivity (Wildman–Crippen MR) is 114 cm³/mol. The minimum Gasteiger partial charge on any atom is -0.492 e. The van der Waals surface area contributed by atoms with E-state index in [1.165, 1.54) is 11.3 Å². The molecule has 4 rings (SSSR count). The first-order valence-corrected chi connectivity index (χ1v) is 10.4. The first-order chi connectivity index (χ1) is 14.1. The van der Waals surface area contributed by atoms with Crippen LogP contribution in [-0.2, 0) is 11.2 Å². The average Bonchev–Trinajstić information content (AvgIpc) is 3.22. The minimum absolute atomic E-state index is 0.0372. The molecule has 0 saturated heterocycles. The van der Waals surface area contributed by atoms with Crippen LogP contribution in [-0.4, -0.2) is 29.9 Å². The molecule has 2 N–H and O–H groups in total. The van der Waals surface area contributed by atoms with E-state index >= 15 is 0 Å². The molecule has 2 aromatic carbocycles. The third-order valence-electron chi connectivity index (χ3n) is 4.46. The molecule has 1 aromatic heterocycles. The Morgan fingerprint density at radius 3 is 2.86 bits per heavy atom. The highest BCUT2D eigenvalue weighted by molar-refractivity contribution is 7.13. The van der Waals surface area contributed by atoms with Crippen LogP contribution in [0, 0.1) is 0 Å². The number of rotatable bonds is 6. The molecule has 6 nitrogen and oxygen atoms in total. The lowest BCUT2D eigenvalue weighted by Gasteiger charge is -2.17. The number of ether oxygens (including phenoxy) is 1. The van der Waals surface area contributed by atoms with Gasteiger partial charge in [-0.15, -0.1) is 11.3 Å². The van der Waals surface area contributed by atoms with Gasteiger partial charge in [0, 0.05) is 28.1 Å². The molecule has 29 heavy (non-hydrogen) atoms. The average molecular weight is 428 g/mol. The van der Waals surface area contributed by atoms with Gasteiger partial charge in [0.1, 0.15) is 23.1 Å². The Bertz CT molecular complexity index is 1050. The third kappa shape index (κ3) is 4.75. The maximum absolute atomic E-state index is 12.3. The quantitative estimate of drug-likeness (QED) is 0.579. The summed E-state index contributed by atoms with van der Waals surface area (Å²) >= 11 is 7.31. The molecule has 1 aliphatic rings. The number of nitrogens with one attached hydrogen (secondary N) is 2. The summed E-state index contributed by atoms with van der Waals surface area (Å²) < 4.78 is 5.71. The van der Waals surface area contributed by atoms with E-state index in [1.807, 2.05) is 30.3 Å². The first kappa shape index (κ1) is 19.4. The van der Waals surface area contributed by atoms with Gasteiger partial charge >= 0.3 is 0 Å². The number of carbonyl (C=O) groups is 2. The Balaban J connectivity index is 1.27. The molecule has 0 spiro atoms. The summed E-state index contributed by atoms with van der Waals surface area (Å²) in [5.74, 6) is 0.515. The SMILES string of the molecule is O=C1CCc2cc(OCCNC(=O)c3csc(-c4ccc(Cl)cc4)n3)ccc2N1. The van der Waals surface area contributed by atoms with Gasteiger partial charge in [0.25, 0.3) is 5.91 Å². The second-order valence-corrected chi connectivity index (χ2v) is 7.81. The van der Waals surface area contributed by atoms with Crippen molar-refractivity contribution in [1.82, 2.24) is 10.3 Å². The Kier molecular flexibility index (Phi) is 5.78. The number of aryl methyl sites for hydroxylation is 1. The molecule has 0 saturated carbocycles. The van der Waals surface area contributed by atoms with Crippen molar-refractivity contribution in [1.29, 1.82) is 0 Å². The largest absolute Gasteiger partial charge is 0.492 e. The van der Waals surface area contributed by atoms with Gasteiger partial charge in [0.2, 0.25) is 5.91 Å². The van der Waals surface area contributed by atoms with Crippen molar-refractivity contribution in [2.45, 2.75) is 12.8 Å². The topological polar surface area (TPSA) is 80.3 Å². The maximum Gasteiger partial charge on any atom is 0.270 e. The Morgan fingerprint density at radius 2 is 2.03 bits per heavy atom. The van der Waals surface area contributed by atoms with E-state index in [0.717, 1.165) is 21.8 Å². The number of hydrogen-bond acceptors (Lipinski definition) is 5. The fourth-order valence-electron chi connectivity index (χ4n) is 2.98. The Hall–Kier alpha value is -2.90. The molecule has 3 aromatic rings. The summed E-state index contributed by atoms with van der Waals surface area (Å²) in [6.45, 7) is 0.700. The van der Waals surface area contributed by atoms with Gasteiger partial charge in [-0.25, -0.2) is 4.98 Å². The van der Waals surface area contributed by atoms with Crippen LogP contribution in [0.4, 0.5) is 5.69 Å². The summed E-state index contributed by atoms with van der Waals surface area (Å²) in [4.78, 5) is 28.1. The van der Waals surface area contributed by atoms with Crippen LogP contribution in [0.1, 0.15) is 22.5 Å². The van der Waals surface area contributed by atoms with E-state index in [2.05, 4.69) is 15.6 Å². The smallest absolute Gasteiger partial charge is 0.270 e. The zero-order valence-electron chi connectivity index (χ0n) is 15.4. The second-order valence-electron chi connectivity index (χ2n) is 6.52. The van der Waals surface area contributed by atoms with Gasteiger partial charge in [0.15, 0.2) is 0 Å². The fourth-order valence-corrected chi connectivity index (χ4v) is 3.91. The molecule has 0 unspecified atom stereocenters. The van der Waals surface area contributed by atoms with E-state index in [4.69, 9.17) is 16.3 Å². The normalized spacial score (nSPS) is 12.8. The molecule has 2 amide bonds. The lowest BCUT2D eigenvalue weighted by atomic mass is 10.0. The molecule has 0 radical (unpaired) electrons. The zero-order valence-corrected chi connectivity index (χ0v) is 17.0. The number of aromatic nitrogens is 1. The Labute approximate surface area is 176 Å². The van der Waals surface area contributed by atoms with Gasteiger partial charge in [-0.1, -0.05) is 23.7 Å². The number of nitrogens with zero attached hydrogens (tertiary/aromatic N) is 1. The number of halogens is 1. The number of benzene rings is 2. The van der Waals surface area contributed by atoms with Crippen LogP contribution in [0.25, 0.3) is 10.6 Å². The monoisotopic (exact) mass is 427 g/mol. The number of carbonyl (C=O) groups excluding carboxylic acids is 2. The number of hydrogen-bond donors (Lipinski definition) is 2. The van der Waals surface area contributed by atoms with Crippen LogP contribution in [0.5, 0.6) is 5.75 Å². The van der Waals surface area contributed by atoms with Crippen molar-refractivity contribution < 1.29 is 14.3 Å². The van der Waals surface area contributed by atoms with Crippen LogP contribution in [0.15, 0.2) is 47.8 Å². The molecule has 1 aliphatic heterocycles. The molecule has 0 fully saturated rings. The van der Waals surface area contributed by atoms with Crippen LogP contribution >= 0.6 is 22.9 Å². The van der Waals surface area contributed by atoms with Gasteiger partial charge in [-0.3, -0.25) is 9.59 Å². The maximum atomic E-state index is 12.3.